The van der Waals surface area contributed by atoms with Gasteiger partial charge in [-0.3, -0.25) is 4.79 Å². The molecule has 0 spiro atoms. The van der Waals surface area contributed by atoms with Crippen molar-refractivity contribution in [2.45, 2.75) is 20.8 Å². The van der Waals surface area contributed by atoms with Gasteiger partial charge in [0, 0.05) is 19.2 Å². The Hall–Kier alpha value is -2.86. The van der Waals surface area contributed by atoms with Gasteiger partial charge in [0.1, 0.15) is 17.1 Å². The highest BCUT2D eigenvalue weighted by Crippen LogP contribution is 2.26. The molecule has 0 aliphatic carbocycles. The van der Waals surface area contributed by atoms with Gasteiger partial charge in [-0.1, -0.05) is 17.7 Å². The molecule has 1 aromatic carbocycles. The number of benzene rings is 1. The number of carbonyl (C=O) groups excluding carboxylic acids is 1. The average molecular weight is 365 g/mol. The first-order chi connectivity index (χ1) is 13.0. The molecule has 0 radical (unpaired) electrons. The molecule has 140 valence electrons. The van der Waals surface area contributed by atoms with E-state index in [4.69, 9.17) is 14.3 Å². The van der Waals surface area contributed by atoms with Crippen LogP contribution in [-0.2, 0) is 4.74 Å². The quantitative estimate of drug-likeness (QED) is 0.712. The van der Waals surface area contributed by atoms with E-state index in [1.807, 2.05) is 49.1 Å². The number of furan rings is 1. The topological polar surface area (TPSA) is 60.5 Å². The SMILES string of the molecule is Cc1ccc(-n2nc(-c3ccc(C)o3)cc2C(=O)N2CCOCC2)c(C)c1. The number of hydrogen-bond acceptors (Lipinski definition) is 4. The minimum absolute atomic E-state index is 0.0414. The highest BCUT2D eigenvalue weighted by atomic mass is 16.5. The molecular weight excluding hydrogens is 342 g/mol. The predicted molar refractivity (Wildman–Crippen MR) is 102 cm³/mol. The van der Waals surface area contributed by atoms with Crippen LogP contribution in [0, 0.1) is 20.8 Å². The van der Waals surface area contributed by atoms with Gasteiger partial charge in [-0.25, -0.2) is 4.68 Å². The van der Waals surface area contributed by atoms with E-state index in [1.165, 1.54) is 5.56 Å². The van der Waals surface area contributed by atoms with Crippen LogP contribution in [0.3, 0.4) is 0 Å². The molecule has 2 aromatic heterocycles. The van der Waals surface area contributed by atoms with Gasteiger partial charge in [0.05, 0.1) is 18.9 Å². The molecule has 0 unspecified atom stereocenters. The number of aryl methyl sites for hydroxylation is 3. The summed E-state index contributed by atoms with van der Waals surface area (Å²) in [5, 5.41) is 4.71. The molecule has 27 heavy (non-hydrogen) atoms. The molecule has 1 saturated heterocycles. The van der Waals surface area contributed by atoms with Gasteiger partial charge in [0.15, 0.2) is 5.76 Å². The van der Waals surface area contributed by atoms with E-state index in [-0.39, 0.29) is 5.91 Å². The second-order valence-corrected chi connectivity index (χ2v) is 6.93. The number of morpholine rings is 1. The number of rotatable bonds is 3. The first-order valence-corrected chi connectivity index (χ1v) is 9.14. The van der Waals surface area contributed by atoms with Gasteiger partial charge >= 0.3 is 0 Å². The van der Waals surface area contributed by atoms with Crippen molar-refractivity contribution in [1.82, 2.24) is 14.7 Å². The minimum atomic E-state index is -0.0414. The summed E-state index contributed by atoms with van der Waals surface area (Å²) in [5.74, 6) is 1.43. The highest BCUT2D eigenvalue weighted by Gasteiger charge is 2.25. The molecule has 0 atom stereocenters. The van der Waals surface area contributed by atoms with Gasteiger partial charge in [0.2, 0.25) is 0 Å². The van der Waals surface area contributed by atoms with Gasteiger partial charge < -0.3 is 14.1 Å². The normalized spacial score (nSPS) is 14.6. The van der Waals surface area contributed by atoms with Crippen molar-refractivity contribution in [2.24, 2.45) is 0 Å². The van der Waals surface area contributed by atoms with Crippen LogP contribution in [0.5, 0.6) is 0 Å². The molecule has 0 saturated carbocycles. The second-order valence-electron chi connectivity index (χ2n) is 6.93. The maximum Gasteiger partial charge on any atom is 0.272 e. The molecule has 1 aliphatic rings. The Kier molecular flexibility index (Phi) is 4.58. The fourth-order valence-electron chi connectivity index (χ4n) is 3.38. The zero-order valence-corrected chi connectivity index (χ0v) is 15.9. The van der Waals surface area contributed by atoms with E-state index in [0.717, 1.165) is 17.0 Å². The fourth-order valence-corrected chi connectivity index (χ4v) is 3.38. The molecule has 1 fully saturated rings. The molecule has 0 bridgehead atoms. The van der Waals surface area contributed by atoms with Crippen molar-refractivity contribution < 1.29 is 13.9 Å². The molecular formula is C21H23N3O3. The second kappa shape index (κ2) is 7.04. The summed E-state index contributed by atoms with van der Waals surface area (Å²) in [6, 6.07) is 11.7. The van der Waals surface area contributed by atoms with Gasteiger partial charge in [-0.15, -0.1) is 0 Å². The van der Waals surface area contributed by atoms with Crippen molar-refractivity contribution in [1.29, 1.82) is 0 Å². The Bertz CT molecular complexity index is 980. The van der Waals surface area contributed by atoms with Crippen LogP contribution in [0.4, 0.5) is 0 Å². The molecule has 6 nitrogen and oxygen atoms in total. The Balaban J connectivity index is 1.82. The molecule has 4 rings (SSSR count). The number of aromatic nitrogens is 2. The third kappa shape index (κ3) is 3.40. The van der Waals surface area contributed by atoms with E-state index in [1.54, 1.807) is 4.68 Å². The average Bonchev–Trinajstić information content (AvgIpc) is 3.28. The largest absolute Gasteiger partial charge is 0.460 e. The zero-order chi connectivity index (χ0) is 19.0. The van der Waals surface area contributed by atoms with Crippen molar-refractivity contribution in [2.75, 3.05) is 26.3 Å². The van der Waals surface area contributed by atoms with E-state index in [2.05, 4.69) is 13.0 Å². The van der Waals surface area contributed by atoms with Crippen LogP contribution in [0.15, 0.2) is 40.8 Å². The zero-order valence-electron chi connectivity index (χ0n) is 15.9. The van der Waals surface area contributed by atoms with Crippen LogP contribution in [0.1, 0.15) is 27.4 Å². The Labute approximate surface area is 158 Å². The van der Waals surface area contributed by atoms with Crippen LogP contribution >= 0.6 is 0 Å². The van der Waals surface area contributed by atoms with Crippen molar-refractivity contribution >= 4 is 5.91 Å². The van der Waals surface area contributed by atoms with Crippen LogP contribution in [0.2, 0.25) is 0 Å². The van der Waals surface area contributed by atoms with Gasteiger partial charge in [-0.2, -0.15) is 5.10 Å². The Morgan fingerprint density at radius 2 is 1.81 bits per heavy atom. The summed E-state index contributed by atoms with van der Waals surface area (Å²) in [6.45, 7) is 8.28. The lowest BCUT2D eigenvalue weighted by Gasteiger charge is -2.27. The first-order valence-electron chi connectivity index (χ1n) is 9.14. The lowest BCUT2D eigenvalue weighted by molar-refractivity contribution is 0.0297. The fraction of sp³-hybridized carbons (Fsp3) is 0.333. The maximum atomic E-state index is 13.2. The van der Waals surface area contributed by atoms with E-state index in [0.29, 0.717) is 43.5 Å². The van der Waals surface area contributed by atoms with Gasteiger partial charge in [0.25, 0.3) is 5.91 Å². The summed E-state index contributed by atoms with van der Waals surface area (Å²) in [7, 11) is 0. The first kappa shape index (κ1) is 17.5. The summed E-state index contributed by atoms with van der Waals surface area (Å²) >= 11 is 0. The number of ether oxygens (including phenoxy) is 1. The van der Waals surface area contributed by atoms with Crippen molar-refractivity contribution in [3.8, 4) is 17.1 Å². The highest BCUT2D eigenvalue weighted by molar-refractivity contribution is 5.94. The Morgan fingerprint density at radius 1 is 1.04 bits per heavy atom. The predicted octanol–water partition coefficient (Wildman–Crippen LogP) is 3.53. The van der Waals surface area contributed by atoms with E-state index >= 15 is 0 Å². The lowest BCUT2D eigenvalue weighted by atomic mass is 10.1. The molecule has 1 aliphatic heterocycles. The van der Waals surface area contributed by atoms with Crippen LogP contribution in [0.25, 0.3) is 17.1 Å². The standard InChI is InChI=1S/C21H23N3O3/c1-14-4-6-18(15(2)12-14)24-19(21(25)23-8-10-26-11-9-23)13-17(22-24)20-7-5-16(3)27-20/h4-7,12-13H,8-11H2,1-3H3. The molecule has 6 heteroatoms. The number of carbonyl (C=O) groups is 1. The van der Waals surface area contributed by atoms with Crippen LogP contribution in [-0.4, -0.2) is 46.9 Å². The molecule has 3 aromatic rings. The number of nitrogens with zero attached hydrogens (tertiary/aromatic N) is 3. The summed E-state index contributed by atoms with van der Waals surface area (Å²) < 4.78 is 12.8. The Morgan fingerprint density at radius 3 is 2.48 bits per heavy atom. The van der Waals surface area contributed by atoms with Crippen molar-refractivity contribution in [3.05, 3.63) is 59.0 Å². The summed E-state index contributed by atoms with van der Waals surface area (Å²) in [4.78, 5) is 15.0. The summed E-state index contributed by atoms with van der Waals surface area (Å²) in [6.07, 6.45) is 0. The monoisotopic (exact) mass is 365 g/mol. The maximum absolute atomic E-state index is 13.2. The van der Waals surface area contributed by atoms with Crippen molar-refractivity contribution in [3.63, 3.8) is 0 Å². The molecule has 1 amide bonds. The third-order valence-corrected chi connectivity index (χ3v) is 4.80. The van der Waals surface area contributed by atoms with E-state index < -0.39 is 0 Å². The molecule has 0 N–H and O–H groups in total. The van der Waals surface area contributed by atoms with E-state index in [9.17, 15) is 4.79 Å². The van der Waals surface area contributed by atoms with Gasteiger partial charge in [-0.05, 0) is 44.5 Å². The number of hydrogen-bond donors (Lipinski definition) is 0. The minimum Gasteiger partial charge on any atom is -0.460 e. The smallest absolute Gasteiger partial charge is 0.272 e. The third-order valence-electron chi connectivity index (χ3n) is 4.80. The molecule has 3 heterocycles. The lowest BCUT2D eigenvalue weighted by Crippen LogP contribution is -2.41. The number of amides is 1. The summed E-state index contributed by atoms with van der Waals surface area (Å²) in [5.41, 5.74) is 4.32. The van der Waals surface area contributed by atoms with Crippen LogP contribution < -0.4 is 0 Å².